The first-order valence-electron chi connectivity index (χ1n) is 3.75. The number of hydrogen-bond donors (Lipinski definition) is 2. The quantitative estimate of drug-likeness (QED) is 0.613. The summed E-state index contributed by atoms with van der Waals surface area (Å²) in [4.78, 5) is 10.6. The molecule has 11 heavy (non-hydrogen) atoms. The highest BCUT2D eigenvalue weighted by molar-refractivity contribution is 5.85. The number of carboxylic acids is 1. The first-order chi connectivity index (χ1) is 4.79. The number of halogens is 1. The van der Waals surface area contributed by atoms with E-state index in [0.29, 0.717) is 12.0 Å². The molecule has 0 unspecified atom stereocenters. The zero-order chi connectivity index (χ0) is 7.14. The number of carbonyl (C=O) groups is 1. The second-order valence-corrected chi connectivity index (χ2v) is 3.19. The van der Waals surface area contributed by atoms with Crippen LogP contribution in [0.3, 0.4) is 0 Å². The van der Waals surface area contributed by atoms with Crippen molar-refractivity contribution in [2.75, 3.05) is 6.54 Å². The molecule has 1 saturated heterocycles. The van der Waals surface area contributed by atoms with E-state index in [1.807, 2.05) is 0 Å². The highest BCUT2D eigenvalue weighted by Crippen LogP contribution is 2.41. The number of carboxylic acid groups (broad SMARTS) is 1. The van der Waals surface area contributed by atoms with Crippen LogP contribution in [0.15, 0.2) is 0 Å². The number of fused-ring (bicyclic) bond motifs is 1. The summed E-state index contributed by atoms with van der Waals surface area (Å²) in [5.74, 6) is -0.202. The van der Waals surface area contributed by atoms with Crippen LogP contribution >= 0.6 is 12.4 Å². The Balaban J connectivity index is 0.000000605. The van der Waals surface area contributed by atoms with Gasteiger partial charge in [0.05, 0.1) is 5.92 Å². The molecular weight excluding hydrogens is 166 g/mol. The van der Waals surface area contributed by atoms with E-state index in [1.54, 1.807) is 0 Å². The monoisotopic (exact) mass is 177 g/mol. The van der Waals surface area contributed by atoms with Crippen molar-refractivity contribution in [2.45, 2.75) is 18.9 Å². The first-order valence-corrected chi connectivity index (χ1v) is 3.75. The van der Waals surface area contributed by atoms with Crippen LogP contribution in [0.1, 0.15) is 12.8 Å². The predicted molar refractivity (Wildman–Crippen MR) is 42.9 cm³/mol. The summed E-state index contributed by atoms with van der Waals surface area (Å²) in [6.07, 6.45) is 1.90. The fourth-order valence-corrected chi connectivity index (χ4v) is 1.84. The minimum absolute atomic E-state index is 0. The van der Waals surface area contributed by atoms with Crippen LogP contribution in [0.4, 0.5) is 0 Å². The van der Waals surface area contributed by atoms with Crippen molar-refractivity contribution in [1.82, 2.24) is 5.32 Å². The molecule has 3 nitrogen and oxygen atoms in total. The first kappa shape index (κ1) is 8.81. The van der Waals surface area contributed by atoms with Gasteiger partial charge in [0.15, 0.2) is 0 Å². The lowest BCUT2D eigenvalue weighted by atomic mass is 9.97. The van der Waals surface area contributed by atoms with Gasteiger partial charge in [-0.15, -0.1) is 12.4 Å². The van der Waals surface area contributed by atoms with Gasteiger partial charge in [-0.2, -0.15) is 0 Å². The van der Waals surface area contributed by atoms with Gasteiger partial charge in [-0.3, -0.25) is 4.79 Å². The van der Waals surface area contributed by atoms with E-state index >= 15 is 0 Å². The minimum atomic E-state index is -0.603. The molecule has 2 fully saturated rings. The van der Waals surface area contributed by atoms with Crippen molar-refractivity contribution >= 4 is 18.4 Å². The van der Waals surface area contributed by atoms with E-state index in [9.17, 15) is 4.79 Å². The SMILES string of the molecule is Cl.O=C(O)[C@H]1CCN[C@H]2C[C@H]21. The Morgan fingerprint density at radius 2 is 2.27 bits per heavy atom. The highest BCUT2D eigenvalue weighted by Gasteiger charge is 2.48. The fraction of sp³-hybridized carbons (Fsp3) is 0.857. The van der Waals surface area contributed by atoms with Gasteiger partial charge >= 0.3 is 5.97 Å². The number of piperidine rings is 1. The highest BCUT2D eigenvalue weighted by atomic mass is 35.5. The van der Waals surface area contributed by atoms with Crippen LogP contribution in [0.25, 0.3) is 0 Å². The third kappa shape index (κ3) is 1.49. The smallest absolute Gasteiger partial charge is 0.306 e. The minimum Gasteiger partial charge on any atom is -0.481 e. The molecule has 4 heteroatoms. The molecule has 0 aromatic heterocycles. The molecule has 0 aromatic rings. The maximum absolute atomic E-state index is 10.6. The molecule has 1 heterocycles. The van der Waals surface area contributed by atoms with Crippen molar-refractivity contribution in [3.63, 3.8) is 0 Å². The maximum atomic E-state index is 10.6. The Morgan fingerprint density at radius 3 is 2.82 bits per heavy atom. The summed E-state index contributed by atoms with van der Waals surface area (Å²) in [6, 6.07) is 0.537. The summed E-state index contributed by atoms with van der Waals surface area (Å²) in [6.45, 7) is 0.887. The van der Waals surface area contributed by atoms with Gasteiger partial charge in [0.1, 0.15) is 0 Å². The number of aliphatic carboxylic acids is 1. The Labute approximate surface area is 71.6 Å². The predicted octanol–water partition coefficient (Wildman–Crippen LogP) is 0.491. The molecule has 2 N–H and O–H groups in total. The summed E-state index contributed by atoms with van der Waals surface area (Å²) in [5.41, 5.74) is 0. The number of rotatable bonds is 1. The summed E-state index contributed by atoms with van der Waals surface area (Å²) in [7, 11) is 0. The largest absolute Gasteiger partial charge is 0.481 e. The van der Waals surface area contributed by atoms with E-state index in [2.05, 4.69) is 5.32 Å². The zero-order valence-electron chi connectivity index (χ0n) is 6.12. The van der Waals surface area contributed by atoms with E-state index in [1.165, 1.54) is 0 Å². The maximum Gasteiger partial charge on any atom is 0.306 e. The molecule has 0 amide bonds. The molecule has 0 spiro atoms. The molecule has 0 bridgehead atoms. The fourth-order valence-electron chi connectivity index (χ4n) is 1.84. The van der Waals surface area contributed by atoms with E-state index in [4.69, 9.17) is 5.11 Å². The molecule has 1 aliphatic carbocycles. The molecule has 2 rings (SSSR count). The van der Waals surface area contributed by atoms with Crippen LogP contribution in [0, 0.1) is 11.8 Å². The standard InChI is InChI=1S/C7H11NO2.ClH/c9-7(10)4-1-2-8-6-3-5(4)6;/h4-6,8H,1-3H2,(H,9,10);1H/t4-,5-,6-;/m0./s1. The molecule has 0 radical (unpaired) electrons. The number of hydrogen-bond acceptors (Lipinski definition) is 2. The molecule has 64 valence electrons. The summed E-state index contributed by atoms with van der Waals surface area (Å²) < 4.78 is 0. The topological polar surface area (TPSA) is 49.3 Å². The van der Waals surface area contributed by atoms with E-state index in [0.717, 1.165) is 19.4 Å². The average Bonchev–Trinajstić information content (AvgIpc) is 2.63. The van der Waals surface area contributed by atoms with Crippen LogP contribution in [-0.2, 0) is 4.79 Å². The third-order valence-electron chi connectivity index (χ3n) is 2.54. The third-order valence-corrected chi connectivity index (χ3v) is 2.54. The van der Waals surface area contributed by atoms with E-state index in [-0.39, 0.29) is 18.3 Å². The van der Waals surface area contributed by atoms with Crippen molar-refractivity contribution in [1.29, 1.82) is 0 Å². The Morgan fingerprint density at radius 1 is 1.55 bits per heavy atom. The van der Waals surface area contributed by atoms with Crippen molar-refractivity contribution < 1.29 is 9.90 Å². The summed E-state index contributed by atoms with van der Waals surface area (Å²) in [5, 5.41) is 12.0. The van der Waals surface area contributed by atoms with E-state index < -0.39 is 5.97 Å². The van der Waals surface area contributed by atoms with Crippen LogP contribution in [0.5, 0.6) is 0 Å². The van der Waals surface area contributed by atoms with Gasteiger partial charge in [-0.1, -0.05) is 0 Å². The zero-order valence-corrected chi connectivity index (χ0v) is 6.93. The van der Waals surface area contributed by atoms with Crippen LogP contribution < -0.4 is 5.32 Å². The summed E-state index contributed by atoms with van der Waals surface area (Å²) >= 11 is 0. The van der Waals surface area contributed by atoms with Crippen molar-refractivity contribution in [3.05, 3.63) is 0 Å². The van der Waals surface area contributed by atoms with Gasteiger partial charge in [0.2, 0.25) is 0 Å². The lowest BCUT2D eigenvalue weighted by Crippen LogP contribution is -2.33. The van der Waals surface area contributed by atoms with Gasteiger partial charge < -0.3 is 10.4 Å². The normalized spacial score (nSPS) is 40.2. The molecule has 0 aromatic carbocycles. The van der Waals surface area contributed by atoms with Crippen molar-refractivity contribution in [2.24, 2.45) is 11.8 Å². The second-order valence-electron chi connectivity index (χ2n) is 3.19. The van der Waals surface area contributed by atoms with Gasteiger partial charge in [-0.25, -0.2) is 0 Å². The Bertz CT molecular complexity index is 174. The molecule has 2 aliphatic rings. The lowest BCUT2D eigenvalue weighted by molar-refractivity contribution is -0.143. The lowest BCUT2D eigenvalue weighted by Gasteiger charge is -2.17. The van der Waals surface area contributed by atoms with Crippen molar-refractivity contribution in [3.8, 4) is 0 Å². The van der Waals surface area contributed by atoms with Gasteiger partial charge in [-0.05, 0) is 25.3 Å². The average molecular weight is 178 g/mol. The van der Waals surface area contributed by atoms with Gasteiger partial charge in [0.25, 0.3) is 0 Å². The van der Waals surface area contributed by atoms with Crippen LogP contribution in [-0.4, -0.2) is 23.7 Å². The number of nitrogens with one attached hydrogen (secondary N) is 1. The molecule has 1 saturated carbocycles. The molecular formula is C7H12ClNO2. The Kier molecular flexibility index (Phi) is 2.40. The van der Waals surface area contributed by atoms with Gasteiger partial charge in [0, 0.05) is 6.04 Å². The molecule has 3 atom stereocenters. The van der Waals surface area contributed by atoms with Crippen LogP contribution in [0.2, 0.25) is 0 Å². The Hall–Kier alpha value is -0.280. The molecule has 1 aliphatic heterocycles. The second kappa shape index (κ2) is 2.99.